The normalized spacial score (nSPS) is 15.8. The largest absolute Gasteiger partial charge is 0.495 e. The molecule has 1 atom stereocenters. The van der Waals surface area contributed by atoms with Gasteiger partial charge in [0.1, 0.15) is 5.75 Å². The summed E-state index contributed by atoms with van der Waals surface area (Å²) in [4.78, 5) is 18.4. The fourth-order valence-electron chi connectivity index (χ4n) is 3.94. The number of aromatic nitrogens is 1. The number of ether oxygens (including phenoxy) is 1. The number of benzene rings is 2. The third-order valence-electron chi connectivity index (χ3n) is 5.72. The van der Waals surface area contributed by atoms with E-state index < -0.39 is 0 Å². The van der Waals surface area contributed by atoms with E-state index in [9.17, 15) is 4.79 Å². The van der Waals surface area contributed by atoms with E-state index in [4.69, 9.17) is 4.74 Å². The molecule has 0 saturated heterocycles. The molecular formula is C24H27N3O2. The zero-order valence-corrected chi connectivity index (χ0v) is 17.2. The average Bonchev–Trinajstić information content (AvgIpc) is 3.17. The first-order valence-electron chi connectivity index (χ1n) is 10.0. The number of fused-ring (bicyclic) bond motifs is 1. The van der Waals surface area contributed by atoms with Crippen molar-refractivity contribution in [3.05, 3.63) is 65.9 Å². The first kappa shape index (κ1) is 19.3. The highest BCUT2D eigenvalue weighted by atomic mass is 16.5. The van der Waals surface area contributed by atoms with Crippen LogP contribution in [0.15, 0.2) is 54.7 Å². The molecule has 4 rings (SSSR count). The van der Waals surface area contributed by atoms with Gasteiger partial charge in [0.05, 0.1) is 18.8 Å². The lowest BCUT2D eigenvalue weighted by atomic mass is 9.98. The van der Waals surface area contributed by atoms with Gasteiger partial charge in [0.25, 0.3) is 0 Å². The van der Waals surface area contributed by atoms with E-state index >= 15 is 0 Å². The standard InChI is InChI=1S/C24H27N3O2/c1-16-8-9-23(29-3)22(14-16)26-24(28)17(2)27-12-10-18(11-13-27)20-15-25-21-7-5-4-6-19(20)21/h4-10,14-15,17,25H,11-13H2,1-3H3,(H,26,28). The van der Waals surface area contributed by atoms with Crippen LogP contribution in [-0.2, 0) is 4.79 Å². The van der Waals surface area contributed by atoms with Crippen molar-refractivity contribution >= 4 is 28.1 Å². The summed E-state index contributed by atoms with van der Waals surface area (Å²) in [6, 6.07) is 13.9. The lowest BCUT2D eigenvalue weighted by Gasteiger charge is -2.31. The number of nitrogens with one attached hydrogen (secondary N) is 2. The van der Waals surface area contributed by atoms with Crippen molar-refractivity contribution in [2.75, 3.05) is 25.5 Å². The highest BCUT2D eigenvalue weighted by Crippen LogP contribution is 2.30. The minimum absolute atomic E-state index is 0.0159. The van der Waals surface area contributed by atoms with Gasteiger partial charge < -0.3 is 15.0 Å². The van der Waals surface area contributed by atoms with Crippen molar-refractivity contribution in [2.24, 2.45) is 0 Å². The summed E-state index contributed by atoms with van der Waals surface area (Å²) in [6.45, 7) is 5.57. The number of nitrogens with zero attached hydrogens (tertiary/aromatic N) is 1. The second-order valence-corrected chi connectivity index (χ2v) is 7.59. The van der Waals surface area contributed by atoms with Crippen LogP contribution in [0, 0.1) is 6.92 Å². The number of hydrogen-bond acceptors (Lipinski definition) is 3. The van der Waals surface area contributed by atoms with Crippen LogP contribution in [0.3, 0.4) is 0 Å². The molecule has 0 fully saturated rings. The number of rotatable bonds is 5. The molecule has 29 heavy (non-hydrogen) atoms. The number of carbonyl (C=O) groups excluding carboxylic acids is 1. The molecule has 0 bridgehead atoms. The smallest absolute Gasteiger partial charge is 0.241 e. The molecule has 5 nitrogen and oxygen atoms in total. The lowest BCUT2D eigenvalue weighted by molar-refractivity contribution is -0.120. The van der Waals surface area contributed by atoms with Crippen LogP contribution in [0.2, 0.25) is 0 Å². The summed E-state index contributed by atoms with van der Waals surface area (Å²) in [6.07, 6.45) is 5.26. The first-order valence-corrected chi connectivity index (χ1v) is 10.0. The molecule has 1 aliphatic rings. The van der Waals surface area contributed by atoms with Crippen LogP contribution in [0.25, 0.3) is 16.5 Å². The third kappa shape index (κ3) is 3.91. The van der Waals surface area contributed by atoms with E-state index in [0.29, 0.717) is 5.75 Å². The highest BCUT2D eigenvalue weighted by molar-refractivity contribution is 5.96. The zero-order valence-electron chi connectivity index (χ0n) is 17.2. The number of H-pyrrole nitrogens is 1. The minimum atomic E-state index is -0.221. The van der Waals surface area contributed by atoms with E-state index in [1.54, 1.807) is 7.11 Å². The lowest BCUT2D eigenvalue weighted by Crippen LogP contribution is -2.44. The van der Waals surface area contributed by atoms with Crippen molar-refractivity contribution in [1.82, 2.24) is 9.88 Å². The summed E-state index contributed by atoms with van der Waals surface area (Å²) in [5.41, 5.74) is 5.56. The molecule has 2 N–H and O–H groups in total. The summed E-state index contributed by atoms with van der Waals surface area (Å²) in [5, 5.41) is 4.29. The van der Waals surface area contributed by atoms with Gasteiger partial charge in [0.2, 0.25) is 5.91 Å². The summed E-state index contributed by atoms with van der Waals surface area (Å²) in [7, 11) is 1.62. The Bertz CT molecular complexity index is 1070. The molecule has 0 spiro atoms. The number of methoxy groups -OCH3 is 1. The van der Waals surface area contributed by atoms with Crippen molar-refractivity contribution < 1.29 is 9.53 Å². The predicted octanol–water partition coefficient (Wildman–Crippen LogP) is 4.60. The van der Waals surface area contributed by atoms with Crippen LogP contribution < -0.4 is 10.1 Å². The number of aryl methyl sites for hydroxylation is 1. The maximum atomic E-state index is 12.8. The van der Waals surface area contributed by atoms with E-state index in [0.717, 1.165) is 36.3 Å². The van der Waals surface area contributed by atoms with Crippen molar-refractivity contribution in [2.45, 2.75) is 26.3 Å². The Morgan fingerprint density at radius 1 is 1.24 bits per heavy atom. The van der Waals surface area contributed by atoms with Gasteiger partial charge >= 0.3 is 0 Å². The van der Waals surface area contributed by atoms with Gasteiger partial charge in [-0.3, -0.25) is 9.69 Å². The molecule has 1 amide bonds. The SMILES string of the molecule is COc1ccc(C)cc1NC(=O)C(C)N1CC=C(c2c[nH]c3ccccc23)CC1. The molecule has 1 aliphatic heterocycles. The number of hydrogen-bond donors (Lipinski definition) is 2. The third-order valence-corrected chi connectivity index (χ3v) is 5.72. The average molecular weight is 389 g/mol. The van der Waals surface area contributed by atoms with Crippen molar-refractivity contribution in [3.8, 4) is 5.75 Å². The fraction of sp³-hybridized carbons (Fsp3) is 0.292. The van der Waals surface area contributed by atoms with Crippen LogP contribution >= 0.6 is 0 Å². The Kier molecular flexibility index (Phi) is 5.41. The van der Waals surface area contributed by atoms with Gasteiger partial charge in [-0.05, 0) is 49.6 Å². The molecule has 5 heteroatoms. The quantitative estimate of drug-likeness (QED) is 0.670. The molecule has 0 radical (unpaired) electrons. The number of amides is 1. The fourth-order valence-corrected chi connectivity index (χ4v) is 3.94. The van der Waals surface area contributed by atoms with E-state index in [2.05, 4.69) is 45.7 Å². The molecule has 2 aromatic carbocycles. The maximum Gasteiger partial charge on any atom is 0.241 e. The summed E-state index contributed by atoms with van der Waals surface area (Å²) in [5.74, 6) is 0.661. The monoisotopic (exact) mass is 389 g/mol. The topological polar surface area (TPSA) is 57.4 Å². The second-order valence-electron chi connectivity index (χ2n) is 7.59. The Morgan fingerprint density at radius 3 is 2.83 bits per heavy atom. The number of carbonyl (C=O) groups is 1. The molecular weight excluding hydrogens is 362 g/mol. The van der Waals surface area contributed by atoms with E-state index in [1.807, 2.05) is 38.1 Å². The Labute approximate surface area is 171 Å². The van der Waals surface area contributed by atoms with E-state index in [-0.39, 0.29) is 11.9 Å². The van der Waals surface area contributed by atoms with Crippen LogP contribution in [0.5, 0.6) is 5.75 Å². The maximum absolute atomic E-state index is 12.8. The minimum Gasteiger partial charge on any atom is -0.495 e. The molecule has 1 aromatic heterocycles. The molecule has 1 unspecified atom stereocenters. The van der Waals surface area contributed by atoms with Crippen LogP contribution in [0.4, 0.5) is 5.69 Å². The molecule has 0 saturated carbocycles. The molecule has 2 heterocycles. The van der Waals surface area contributed by atoms with Crippen LogP contribution in [-0.4, -0.2) is 42.0 Å². The van der Waals surface area contributed by atoms with Gasteiger partial charge in [0.15, 0.2) is 0 Å². The Morgan fingerprint density at radius 2 is 2.07 bits per heavy atom. The predicted molar refractivity (Wildman–Crippen MR) is 118 cm³/mol. The molecule has 3 aromatic rings. The van der Waals surface area contributed by atoms with Gasteiger partial charge in [-0.2, -0.15) is 0 Å². The Balaban J connectivity index is 1.45. The van der Waals surface area contributed by atoms with Gasteiger partial charge in [-0.15, -0.1) is 0 Å². The number of anilines is 1. The van der Waals surface area contributed by atoms with Gasteiger partial charge in [-0.1, -0.05) is 30.3 Å². The van der Waals surface area contributed by atoms with E-state index in [1.165, 1.54) is 16.5 Å². The molecule has 0 aliphatic carbocycles. The summed E-state index contributed by atoms with van der Waals surface area (Å²) >= 11 is 0. The van der Waals surface area contributed by atoms with Crippen molar-refractivity contribution in [3.63, 3.8) is 0 Å². The Hall–Kier alpha value is -3.05. The van der Waals surface area contributed by atoms with Gasteiger partial charge in [-0.25, -0.2) is 0 Å². The zero-order chi connectivity index (χ0) is 20.4. The second kappa shape index (κ2) is 8.13. The number of aromatic amines is 1. The first-order chi connectivity index (χ1) is 14.1. The van der Waals surface area contributed by atoms with Crippen molar-refractivity contribution in [1.29, 1.82) is 0 Å². The van der Waals surface area contributed by atoms with Crippen LogP contribution in [0.1, 0.15) is 24.5 Å². The number of para-hydroxylation sites is 1. The molecule has 150 valence electrons. The van der Waals surface area contributed by atoms with Gasteiger partial charge in [0, 0.05) is 35.8 Å². The highest BCUT2D eigenvalue weighted by Gasteiger charge is 2.24. The summed E-state index contributed by atoms with van der Waals surface area (Å²) < 4.78 is 5.38.